The number of rotatable bonds is 9. The highest BCUT2D eigenvalue weighted by Crippen LogP contribution is 2.47. The Morgan fingerprint density at radius 2 is 2.12 bits per heavy atom. The molecule has 180 valence electrons. The third-order valence-corrected chi connectivity index (χ3v) is 6.47. The monoisotopic (exact) mass is 503 g/mol. The molecule has 1 aliphatic rings. The number of benzene rings is 1. The molecule has 0 radical (unpaired) electrons. The van der Waals surface area contributed by atoms with Gasteiger partial charge in [-0.1, -0.05) is 23.7 Å². The third kappa shape index (κ3) is 6.32. The molecule has 14 heteroatoms. The molecular formula is C19H23ClN3O9P. The predicted octanol–water partition coefficient (Wildman–Crippen LogP) is 1.72. The Hall–Kier alpha value is -2.47. The molecule has 1 aliphatic heterocycles. The summed E-state index contributed by atoms with van der Waals surface area (Å²) in [5, 5.41) is 2.66. The summed E-state index contributed by atoms with van der Waals surface area (Å²) in [6.45, 7) is 2.56. The van der Waals surface area contributed by atoms with E-state index in [0.29, 0.717) is 5.56 Å². The van der Waals surface area contributed by atoms with Gasteiger partial charge in [0.2, 0.25) is 0 Å². The van der Waals surface area contributed by atoms with Crippen LogP contribution in [0.5, 0.6) is 5.75 Å². The Bertz CT molecular complexity index is 1170. The summed E-state index contributed by atoms with van der Waals surface area (Å²) in [5.41, 5.74) is -0.850. The molecule has 3 rings (SSSR count). The molecule has 33 heavy (non-hydrogen) atoms. The largest absolute Gasteiger partial charge is 0.468 e. The number of carbonyl (C=O) groups is 1. The van der Waals surface area contributed by atoms with Gasteiger partial charge in [0.25, 0.3) is 5.56 Å². The molecule has 1 fully saturated rings. The normalized spacial score (nSPS) is 20.7. The van der Waals surface area contributed by atoms with Crippen LogP contribution >= 0.6 is 19.3 Å². The van der Waals surface area contributed by atoms with Gasteiger partial charge < -0.3 is 18.7 Å². The predicted molar refractivity (Wildman–Crippen MR) is 116 cm³/mol. The van der Waals surface area contributed by atoms with Crippen molar-refractivity contribution in [2.24, 2.45) is 0 Å². The van der Waals surface area contributed by atoms with Crippen LogP contribution in [0.3, 0.4) is 0 Å². The number of esters is 1. The third-order valence-electron chi connectivity index (χ3n) is 4.53. The van der Waals surface area contributed by atoms with Crippen molar-refractivity contribution in [2.75, 3.05) is 20.3 Å². The van der Waals surface area contributed by atoms with Gasteiger partial charge in [-0.15, -0.1) is 0 Å². The number of aromatic amines is 1. The van der Waals surface area contributed by atoms with Crippen molar-refractivity contribution in [3.8, 4) is 5.75 Å². The number of methoxy groups -OCH3 is 1. The van der Waals surface area contributed by atoms with E-state index < -0.39 is 43.5 Å². The minimum absolute atomic E-state index is 0.0267. The molecule has 2 N–H and O–H groups in total. The van der Waals surface area contributed by atoms with Gasteiger partial charge in [0.1, 0.15) is 18.4 Å². The van der Waals surface area contributed by atoms with Crippen LogP contribution in [0.4, 0.5) is 0 Å². The molecule has 0 bridgehead atoms. The quantitative estimate of drug-likeness (QED) is 0.383. The minimum Gasteiger partial charge on any atom is -0.468 e. The standard InChI is InChI=1S/C19H23ClN3O9P/c1-11-8-23(19(26)21-17(11)24)15-9-29-16(31-15)10-30-33(27,22-12(2)18(25)28-3)32-14-7-5-4-6-13(14)20/h4-8,12,15-16H,9-10H2,1-3H3,(H,22,27)(H,21,24,26)/t12-,15+,16+,33?/m0/s1. The van der Waals surface area contributed by atoms with Crippen molar-refractivity contribution in [2.45, 2.75) is 32.4 Å². The fourth-order valence-electron chi connectivity index (χ4n) is 2.84. The zero-order chi connectivity index (χ0) is 24.2. The second kappa shape index (κ2) is 10.6. The van der Waals surface area contributed by atoms with E-state index in [1.54, 1.807) is 19.1 Å². The van der Waals surface area contributed by atoms with Gasteiger partial charge in [-0.3, -0.25) is 23.7 Å². The van der Waals surface area contributed by atoms with Crippen molar-refractivity contribution in [1.29, 1.82) is 0 Å². The molecule has 1 unspecified atom stereocenters. The van der Waals surface area contributed by atoms with Crippen LogP contribution in [-0.4, -0.2) is 48.2 Å². The molecule has 12 nitrogen and oxygen atoms in total. The summed E-state index contributed by atoms with van der Waals surface area (Å²) in [7, 11) is -2.99. The van der Waals surface area contributed by atoms with Crippen LogP contribution < -0.4 is 20.9 Å². The van der Waals surface area contributed by atoms with Gasteiger partial charge in [0, 0.05) is 11.8 Å². The average molecular weight is 504 g/mol. The number of aryl methyl sites for hydroxylation is 1. The number of hydrogen-bond acceptors (Lipinski definition) is 9. The average Bonchev–Trinajstić information content (AvgIpc) is 3.25. The summed E-state index contributed by atoms with van der Waals surface area (Å²) in [6.07, 6.45) is -0.510. The van der Waals surface area contributed by atoms with E-state index >= 15 is 0 Å². The van der Waals surface area contributed by atoms with Crippen LogP contribution in [0.1, 0.15) is 18.7 Å². The first-order valence-corrected chi connectivity index (χ1v) is 11.7. The van der Waals surface area contributed by atoms with Gasteiger partial charge in [-0.05, 0) is 26.0 Å². The maximum absolute atomic E-state index is 13.4. The van der Waals surface area contributed by atoms with Crippen molar-refractivity contribution in [1.82, 2.24) is 14.6 Å². The van der Waals surface area contributed by atoms with Crippen molar-refractivity contribution in [3.63, 3.8) is 0 Å². The topological polar surface area (TPSA) is 147 Å². The SMILES string of the molecule is COC(=O)[C@H](C)NP(=O)(OC[C@@H]1OC[C@H](n2cc(C)c(=O)[nH]c2=O)O1)Oc1ccccc1Cl. The number of para-hydroxylation sites is 1. The summed E-state index contributed by atoms with van der Waals surface area (Å²) in [4.78, 5) is 37.6. The second-order valence-electron chi connectivity index (χ2n) is 7.02. The Kier molecular flexibility index (Phi) is 8.11. The second-order valence-corrected chi connectivity index (χ2v) is 9.12. The van der Waals surface area contributed by atoms with Gasteiger partial charge in [0.05, 0.1) is 18.7 Å². The highest BCUT2D eigenvalue weighted by atomic mass is 35.5. The molecule has 1 aromatic carbocycles. The fraction of sp³-hybridized carbons (Fsp3) is 0.421. The smallest absolute Gasteiger partial charge is 0.459 e. The number of aromatic nitrogens is 2. The lowest BCUT2D eigenvalue weighted by Crippen LogP contribution is -2.35. The molecule has 1 aromatic heterocycles. The van der Waals surface area contributed by atoms with Crippen LogP contribution in [-0.2, 0) is 28.1 Å². The minimum atomic E-state index is -4.17. The van der Waals surface area contributed by atoms with E-state index in [1.165, 1.54) is 36.9 Å². The van der Waals surface area contributed by atoms with Crippen LogP contribution in [0.2, 0.25) is 5.02 Å². The number of carbonyl (C=O) groups excluding carboxylic acids is 1. The zero-order valence-corrected chi connectivity index (χ0v) is 19.6. The number of nitrogens with one attached hydrogen (secondary N) is 2. The fourth-order valence-corrected chi connectivity index (χ4v) is 4.56. The van der Waals surface area contributed by atoms with Gasteiger partial charge in [-0.25, -0.2) is 9.36 Å². The lowest BCUT2D eigenvalue weighted by Gasteiger charge is -2.24. The Balaban J connectivity index is 1.71. The Morgan fingerprint density at radius 1 is 1.39 bits per heavy atom. The van der Waals surface area contributed by atoms with E-state index in [-0.39, 0.29) is 24.0 Å². The van der Waals surface area contributed by atoms with Crippen molar-refractivity contribution in [3.05, 3.63) is 61.9 Å². The number of halogens is 1. The maximum atomic E-state index is 13.4. The van der Waals surface area contributed by atoms with E-state index in [4.69, 9.17) is 30.1 Å². The zero-order valence-electron chi connectivity index (χ0n) is 18.0. The molecule has 0 aliphatic carbocycles. The molecule has 0 amide bonds. The van der Waals surface area contributed by atoms with Crippen LogP contribution in [0.25, 0.3) is 0 Å². The highest BCUT2D eigenvalue weighted by Gasteiger charge is 2.36. The molecule has 4 atom stereocenters. The lowest BCUT2D eigenvalue weighted by atomic mass is 10.3. The molecule has 0 spiro atoms. The van der Waals surface area contributed by atoms with Gasteiger partial charge in [-0.2, -0.15) is 5.09 Å². The first-order chi connectivity index (χ1) is 15.6. The van der Waals surface area contributed by atoms with E-state index in [0.717, 1.165) is 0 Å². The van der Waals surface area contributed by atoms with E-state index in [9.17, 15) is 18.9 Å². The van der Waals surface area contributed by atoms with Crippen LogP contribution in [0, 0.1) is 6.92 Å². The van der Waals surface area contributed by atoms with Crippen molar-refractivity contribution >= 4 is 25.3 Å². The molecular weight excluding hydrogens is 481 g/mol. The first-order valence-electron chi connectivity index (χ1n) is 9.75. The first kappa shape index (κ1) is 25.2. The van der Waals surface area contributed by atoms with Crippen molar-refractivity contribution < 1.29 is 32.6 Å². The van der Waals surface area contributed by atoms with E-state index in [1.807, 2.05) is 0 Å². The van der Waals surface area contributed by atoms with Gasteiger partial charge >= 0.3 is 19.4 Å². The summed E-state index contributed by atoms with van der Waals surface area (Å²) >= 11 is 6.08. The van der Waals surface area contributed by atoms with Gasteiger partial charge in [0.15, 0.2) is 12.5 Å². The summed E-state index contributed by atoms with van der Waals surface area (Å²) in [5.74, 6) is -0.628. The maximum Gasteiger partial charge on any atom is 0.459 e. The number of hydrogen-bond donors (Lipinski definition) is 2. The highest BCUT2D eigenvalue weighted by molar-refractivity contribution is 7.52. The Labute approximate surface area is 193 Å². The molecule has 2 aromatic rings. The lowest BCUT2D eigenvalue weighted by molar-refractivity contribution is -0.142. The summed E-state index contributed by atoms with van der Waals surface area (Å²) < 4.78 is 41.2. The number of ether oxygens (including phenoxy) is 3. The molecule has 0 saturated carbocycles. The number of H-pyrrole nitrogens is 1. The van der Waals surface area contributed by atoms with Crippen LogP contribution in [0.15, 0.2) is 40.1 Å². The Morgan fingerprint density at radius 3 is 2.82 bits per heavy atom. The molecule has 1 saturated heterocycles. The van der Waals surface area contributed by atoms with E-state index in [2.05, 4.69) is 14.8 Å². The molecule has 2 heterocycles. The summed E-state index contributed by atoms with van der Waals surface area (Å²) in [6, 6.07) is 5.25. The number of nitrogens with zero attached hydrogens (tertiary/aromatic N) is 1.